The maximum Gasteiger partial charge on any atom is 0.230 e. The molecule has 0 spiro atoms. The summed E-state index contributed by atoms with van der Waals surface area (Å²) < 4.78 is 0. The molecular weight excluding hydrogens is 220 g/mol. The van der Waals surface area contributed by atoms with Gasteiger partial charge in [0.2, 0.25) is 5.91 Å². The van der Waals surface area contributed by atoms with E-state index in [0.29, 0.717) is 5.82 Å². The van der Waals surface area contributed by atoms with Crippen molar-refractivity contribution >= 4 is 23.5 Å². The van der Waals surface area contributed by atoms with Gasteiger partial charge >= 0.3 is 0 Å². The van der Waals surface area contributed by atoms with Gasteiger partial charge in [-0.15, -0.1) is 0 Å². The molecule has 88 valence electrons. The molecule has 0 aliphatic carbocycles. The molecule has 0 unspecified atom stereocenters. The molecule has 1 N–H and O–H groups in total. The largest absolute Gasteiger partial charge is 0.310 e. The van der Waals surface area contributed by atoms with Gasteiger partial charge in [0.25, 0.3) is 0 Å². The maximum atomic E-state index is 11.7. The van der Waals surface area contributed by atoms with Gasteiger partial charge in [0.1, 0.15) is 5.82 Å². The van der Waals surface area contributed by atoms with Crippen LogP contribution < -0.4 is 5.32 Å². The van der Waals surface area contributed by atoms with Crippen LogP contribution in [-0.2, 0) is 10.5 Å². The lowest BCUT2D eigenvalue weighted by molar-refractivity contribution is -0.123. The molecule has 1 heterocycles. The zero-order valence-electron chi connectivity index (χ0n) is 10.2. The number of nitrogens with one attached hydrogen (secondary N) is 1. The van der Waals surface area contributed by atoms with Gasteiger partial charge in [0.05, 0.1) is 0 Å². The molecular formula is C12H18N2OS. The highest BCUT2D eigenvalue weighted by molar-refractivity contribution is 7.97. The molecule has 4 heteroatoms. The van der Waals surface area contributed by atoms with Crippen LogP contribution in [0.2, 0.25) is 0 Å². The Hall–Kier alpha value is -1.03. The number of aromatic nitrogens is 1. The zero-order chi connectivity index (χ0) is 12.2. The van der Waals surface area contributed by atoms with E-state index in [0.717, 1.165) is 5.75 Å². The molecule has 0 aliphatic heterocycles. The lowest BCUT2D eigenvalue weighted by atomic mass is 9.96. The average molecular weight is 238 g/mol. The van der Waals surface area contributed by atoms with Gasteiger partial charge in [-0.1, -0.05) is 20.8 Å². The first-order valence-corrected chi connectivity index (χ1v) is 6.58. The first kappa shape index (κ1) is 13.0. The summed E-state index contributed by atoms with van der Waals surface area (Å²) >= 11 is 1.75. The molecule has 0 atom stereocenters. The second-order valence-electron chi connectivity index (χ2n) is 4.69. The predicted octanol–water partition coefficient (Wildman–Crippen LogP) is 2.93. The smallest absolute Gasteiger partial charge is 0.230 e. The van der Waals surface area contributed by atoms with Gasteiger partial charge in [-0.25, -0.2) is 4.98 Å². The van der Waals surface area contributed by atoms with E-state index in [1.807, 2.05) is 39.2 Å². The Morgan fingerprint density at radius 1 is 1.50 bits per heavy atom. The Bertz CT molecular complexity index is 372. The highest BCUT2D eigenvalue weighted by atomic mass is 32.2. The van der Waals surface area contributed by atoms with Crippen molar-refractivity contribution in [1.29, 1.82) is 0 Å². The summed E-state index contributed by atoms with van der Waals surface area (Å²) in [6.45, 7) is 5.65. The fraction of sp³-hybridized carbons (Fsp3) is 0.500. The number of carbonyl (C=O) groups is 1. The number of anilines is 1. The van der Waals surface area contributed by atoms with E-state index < -0.39 is 5.41 Å². The fourth-order valence-electron chi connectivity index (χ4n) is 1.10. The van der Waals surface area contributed by atoms with E-state index in [2.05, 4.69) is 10.3 Å². The van der Waals surface area contributed by atoms with Gasteiger partial charge in [-0.2, -0.15) is 11.8 Å². The number of pyridine rings is 1. The highest BCUT2D eigenvalue weighted by Gasteiger charge is 2.21. The minimum absolute atomic E-state index is 0.0127. The van der Waals surface area contributed by atoms with Crippen molar-refractivity contribution in [2.75, 3.05) is 11.6 Å². The van der Waals surface area contributed by atoms with E-state index in [4.69, 9.17) is 0 Å². The van der Waals surface area contributed by atoms with Crippen LogP contribution in [0.1, 0.15) is 26.3 Å². The SMILES string of the molecule is CSCc1ccnc(NC(=O)C(C)(C)C)c1. The van der Waals surface area contributed by atoms with Crippen LogP contribution in [0.15, 0.2) is 18.3 Å². The Kier molecular flexibility index (Phi) is 4.35. The third kappa shape index (κ3) is 3.85. The second kappa shape index (κ2) is 5.34. The Morgan fingerprint density at radius 2 is 2.19 bits per heavy atom. The Morgan fingerprint density at radius 3 is 2.75 bits per heavy atom. The van der Waals surface area contributed by atoms with E-state index in [1.165, 1.54) is 5.56 Å². The number of nitrogens with zero attached hydrogens (tertiary/aromatic N) is 1. The van der Waals surface area contributed by atoms with E-state index in [-0.39, 0.29) is 5.91 Å². The van der Waals surface area contributed by atoms with Crippen LogP contribution >= 0.6 is 11.8 Å². The third-order valence-corrected chi connectivity index (χ3v) is 2.68. The lowest BCUT2D eigenvalue weighted by Crippen LogP contribution is -2.28. The van der Waals surface area contributed by atoms with Crippen LogP contribution in [0.4, 0.5) is 5.82 Å². The second-order valence-corrected chi connectivity index (χ2v) is 5.55. The molecule has 16 heavy (non-hydrogen) atoms. The van der Waals surface area contributed by atoms with Crippen molar-refractivity contribution in [1.82, 2.24) is 4.98 Å². The van der Waals surface area contributed by atoms with Gasteiger partial charge < -0.3 is 5.32 Å². The first-order chi connectivity index (χ1) is 7.43. The maximum absolute atomic E-state index is 11.7. The summed E-state index contributed by atoms with van der Waals surface area (Å²) in [7, 11) is 0. The lowest BCUT2D eigenvalue weighted by Gasteiger charge is -2.17. The summed E-state index contributed by atoms with van der Waals surface area (Å²) in [5.74, 6) is 1.55. The standard InChI is InChI=1S/C12H18N2OS/c1-12(2,3)11(15)14-10-7-9(8-16-4)5-6-13-10/h5-7H,8H2,1-4H3,(H,13,14,15). The van der Waals surface area contributed by atoms with Crippen molar-refractivity contribution in [2.24, 2.45) is 5.41 Å². The number of amides is 1. The summed E-state index contributed by atoms with van der Waals surface area (Å²) in [5.41, 5.74) is 0.781. The molecule has 0 bridgehead atoms. The quantitative estimate of drug-likeness (QED) is 0.880. The van der Waals surface area contributed by atoms with Crippen LogP contribution in [-0.4, -0.2) is 17.1 Å². The van der Waals surface area contributed by atoms with Gasteiger partial charge in [-0.05, 0) is 24.0 Å². The number of hydrogen-bond donors (Lipinski definition) is 1. The topological polar surface area (TPSA) is 42.0 Å². The molecule has 0 saturated carbocycles. The van der Waals surface area contributed by atoms with Crippen molar-refractivity contribution in [3.63, 3.8) is 0 Å². The predicted molar refractivity (Wildman–Crippen MR) is 69.5 cm³/mol. The van der Waals surface area contributed by atoms with Crippen molar-refractivity contribution in [3.8, 4) is 0 Å². The number of rotatable bonds is 3. The molecule has 0 fully saturated rings. The average Bonchev–Trinajstić information content (AvgIpc) is 2.17. The molecule has 1 aromatic heterocycles. The van der Waals surface area contributed by atoms with E-state index >= 15 is 0 Å². The van der Waals surface area contributed by atoms with Crippen molar-refractivity contribution < 1.29 is 4.79 Å². The summed E-state index contributed by atoms with van der Waals surface area (Å²) in [5, 5.41) is 2.82. The monoisotopic (exact) mass is 238 g/mol. The van der Waals surface area contributed by atoms with Crippen LogP contribution in [0, 0.1) is 5.41 Å². The van der Waals surface area contributed by atoms with Gasteiger partial charge in [0.15, 0.2) is 0 Å². The first-order valence-electron chi connectivity index (χ1n) is 5.19. The molecule has 1 rings (SSSR count). The van der Waals surface area contributed by atoms with E-state index in [9.17, 15) is 4.79 Å². The van der Waals surface area contributed by atoms with Gasteiger partial charge in [-0.3, -0.25) is 4.79 Å². The molecule has 0 aromatic carbocycles. The molecule has 0 saturated heterocycles. The molecule has 1 amide bonds. The molecule has 1 aromatic rings. The Balaban J connectivity index is 2.74. The fourth-order valence-corrected chi connectivity index (χ4v) is 1.62. The highest BCUT2D eigenvalue weighted by Crippen LogP contribution is 2.17. The number of hydrogen-bond acceptors (Lipinski definition) is 3. The molecule has 3 nitrogen and oxygen atoms in total. The summed E-state index contributed by atoms with van der Waals surface area (Å²) in [6, 6.07) is 3.88. The van der Waals surface area contributed by atoms with Crippen molar-refractivity contribution in [3.05, 3.63) is 23.9 Å². The van der Waals surface area contributed by atoms with Crippen LogP contribution in [0.3, 0.4) is 0 Å². The molecule has 0 aliphatic rings. The van der Waals surface area contributed by atoms with Crippen LogP contribution in [0.5, 0.6) is 0 Å². The number of thioether (sulfide) groups is 1. The van der Waals surface area contributed by atoms with Crippen molar-refractivity contribution in [2.45, 2.75) is 26.5 Å². The van der Waals surface area contributed by atoms with Crippen LogP contribution in [0.25, 0.3) is 0 Å². The third-order valence-electron chi connectivity index (χ3n) is 2.06. The normalized spacial score (nSPS) is 11.2. The number of carbonyl (C=O) groups excluding carboxylic acids is 1. The summed E-state index contributed by atoms with van der Waals surface area (Å²) in [6.07, 6.45) is 3.78. The Labute approximate surface area is 101 Å². The van der Waals surface area contributed by atoms with E-state index in [1.54, 1.807) is 18.0 Å². The molecule has 0 radical (unpaired) electrons. The van der Waals surface area contributed by atoms with Gasteiger partial charge in [0, 0.05) is 17.4 Å². The minimum Gasteiger partial charge on any atom is -0.310 e. The zero-order valence-corrected chi connectivity index (χ0v) is 11.0. The summed E-state index contributed by atoms with van der Waals surface area (Å²) in [4.78, 5) is 15.9. The minimum atomic E-state index is -0.392.